The van der Waals surface area contributed by atoms with E-state index < -0.39 is 0 Å². The van der Waals surface area contributed by atoms with Gasteiger partial charge in [-0.15, -0.1) is 0 Å². The normalized spacial score (nSPS) is 13.5. The van der Waals surface area contributed by atoms with Crippen molar-refractivity contribution in [1.29, 1.82) is 0 Å². The molecule has 0 saturated carbocycles. The molecule has 3 aromatic carbocycles. The van der Waals surface area contributed by atoms with E-state index in [0.29, 0.717) is 0 Å². The van der Waals surface area contributed by atoms with Crippen LogP contribution in [0.3, 0.4) is 0 Å². The highest BCUT2D eigenvalue weighted by atomic mass is 16.6. The van der Waals surface area contributed by atoms with Gasteiger partial charge in [0.15, 0.2) is 34.5 Å². The lowest BCUT2D eigenvalue weighted by Crippen LogP contribution is -2.01. The van der Waals surface area contributed by atoms with E-state index in [1.165, 1.54) is 33.4 Å². The fraction of sp³-hybridized carbons (Fsp3) is 0.357. The maximum Gasteiger partial charge on any atom is 0.174 e. The molecule has 3 aromatic rings. The minimum atomic E-state index is 0.0609. The third kappa shape index (κ3) is 3.02. The molecule has 3 aliphatic heterocycles. The van der Waals surface area contributed by atoms with Crippen molar-refractivity contribution in [2.75, 3.05) is 0 Å². The van der Waals surface area contributed by atoms with Crippen molar-refractivity contribution in [2.45, 2.75) is 65.2 Å². The van der Waals surface area contributed by atoms with Gasteiger partial charge in [0.1, 0.15) is 0 Å². The smallest absolute Gasteiger partial charge is 0.174 e. The van der Waals surface area contributed by atoms with Gasteiger partial charge in [-0.25, -0.2) is 0 Å². The molecule has 0 aliphatic carbocycles. The van der Waals surface area contributed by atoms with Crippen LogP contribution in [0.1, 0.15) is 79.3 Å². The third-order valence-corrected chi connectivity index (χ3v) is 6.65. The highest BCUT2D eigenvalue weighted by molar-refractivity contribution is 5.75. The number of hydrogen-bond acceptors (Lipinski definition) is 3. The summed E-state index contributed by atoms with van der Waals surface area (Å²) in [6.45, 7) is 6.63. The molecule has 0 spiro atoms. The standard InChI is InChI=1S/C28H28O3/c1-4-7-16-10-13-19(26-23(16)29-26)22(20-14-11-17(8-5-2)24-27(20)30-24)21-15-12-18(9-6-3)25-28(21)31-25/h10-15,22H,4-9H2,1-3H3. The molecule has 6 rings (SSSR count). The van der Waals surface area contributed by atoms with Crippen LogP contribution in [0.15, 0.2) is 36.4 Å². The molecule has 0 N–H and O–H groups in total. The van der Waals surface area contributed by atoms with E-state index in [2.05, 4.69) is 57.2 Å². The molecular weight excluding hydrogens is 384 g/mol. The van der Waals surface area contributed by atoms with Crippen molar-refractivity contribution in [3.05, 3.63) is 69.8 Å². The summed E-state index contributed by atoms with van der Waals surface area (Å²) in [6.07, 6.45) is 6.54. The van der Waals surface area contributed by atoms with Gasteiger partial charge in [-0.05, 0) is 36.0 Å². The van der Waals surface area contributed by atoms with Gasteiger partial charge >= 0.3 is 0 Å². The number of fused-ring (bicyclic) bond motifs is 3. The first-order valence-electron chi connectivity index (χ1n) is 11.8. The van der Waals surface area contributed by atoms with Gasteiger partial charge in [0.2, 0.25) is 0 Å². The summed E-state index contributed by atoms with van der Waals surface area (Å²) < 4.78 is 18.1. The minimum absolute atomic E-state index is 0.0609. The Bertz CT molecular complexity index is 1060. The number of rotatable bonds is 9. The van der Waals surface area contributed by atoms with Crippen molar-refractivity contribution in [3.63, 3.8) is 0 Å². The lowest BCUT2D eigenvalue weighted by molar-refractivity contribution is 0.622. The molecule has 0 fully saturated rings. The van der Waals surface area contributed by atoms with Crippen LogP contribution in [-0.2, 0) is 19.3 Å². The highest BCUT2D eigenvalue weighted by Crippen LogP contribution is 2.63. The van der Waals surface area contributed by atoms with Crippen LogP contribution in [0.25, 0.3) is 0 Å². The molecule has 158 valence electrons. The molecule has 0 saturated heterocycles. The molecule has 3 nitrogen and oxygen atoms in total. The SMILES string of the molecule is CCCc1ccc(C(c2ccc(CCC)c3c2O3)c2ccc(CCC)c3c2O3)c2c1O2. The molecule has 3 heterocycles. The van der Waals surface area contributed by atoms with E-state index in [4.69, 9.17) is 14.2 Å². The molecule has 0 bridgehead atoms. The summed E-state index contributed by atoms with van der Waals surface area (Å²) in [7, 11) is 0. The van der Waals surface area contributed by atoms with Crippen molar-refractivity contribution in [2.24, 2.45) is 0 Å². The van der Waals surface area contributed by atoms with Gasteiger partial charge in [-0.2, -0.15) is 0 Å². The van der Waals surface area contributed by atoms with Gasteiger partial charge in [0, 0.05) is 22.6 Å². The maximum atomic E-state index is 6.03. The Kier molecular flexibility index (Phi) is 4.27. The largest absolute Gasteiger partial charge is 0.449 e. The van der Waals surface area contributed by atoms with E-state index in [-0.39, 0.29) is 5.92 Å². The third-order valence-electron chi connectivity index (χ3n) is 6.65. The summed E-state index contributed by atoms with van der Waals surface area (Å²) in [6, 6.07) is 13.5. The average molecular weight is 413 g/mol. The van der Waals surface area contributed by atoms with Crippen LogP contribution in [-0.4, -0.2) is 0 Å². The first-order chi connectivity index (χ1) is 15.2. The van der Waals surface area contributed by atoms with E-state index in [1.54, 1.807) is 0 Å². The summed E-state index contributed by atoms with van der Waals surface area (Å²) in [5.74, 6) is 6.46. The zero-order chi connectivity index (χ0) is 21.1. The van der Waals surface area contributed by atoms with Crippen LogP contribution in [0.2, 0.25) is 0 Å². The average Bonchev–Trinajstić information content (AvgIpc) is 3.62. The zero-order valence-electron chi connectivity index (χ0n) is 18.5. The van der Waals surface area contributed by atoms with Crippen LogP contribution >= 0.6 is 0 Å². The van der Waals surface area contributed by atoms with E-state index in [9.17, 15) is 0 Å². The summed E-state index contributed by atoms with van der Waals surface area (Å²) in [5.41, 5.74) is 7.60. The number of hydrogen-bond donors (Lipinski definition) is 0. The Morgan fingerprint density at radius 2 is 0.806 bits per heavy atom. The Hall–Kier alpha value is -2.94. The molecule has 3 heteroatoms. The summed E-state index contributed by atoms with van der Waals surface area (Å²) >= 11 is 0. The lowest BCUT2D eigenvalue weighted by Gasteiger charge is -2.16. The topological polar surface area (TPSA) is 37.6 Å². The van der Waals surface area contributed by atoms with Gasteiger partial charge in [-0.3, -0.25) is 0 Å². The second-order valence-corrected chi connectivity index (χ2v) is 8.91. The zero-order valence-corrected chi connectivity index (χ0v) is 18.5. The van der Waals surface area contributed by atoms with E-state index in [1.807, 2.05) is 0 Å². The van der Waals surface area contributed by atoms with Crippen LogP contribution in [0.4, 0.5) is 0 Å². The van der Waals surface area contributed by atoms with Gasteiger partial charge < -0.3 is 14.2 Å². The fourth-order valence-electron chi connectivity index (χ4n) is 5.04. The van der Waals surface area contributed by atoms with Crippen molar-refractivity contribution in [3.8, 4) is 34.5 Å². The number of ether oxygens (including phenoxy) is 3. The highest BCUT2D eigenvalue weighted by Gasteiger charge is 2.41. The van der Waals surface area contributed by atoms with Crippen molar-refractivity contribution < 1.29 is 14.2 Å². The Morgan fingerprint density at radius 3 is 1.10 bits per heavy atom. The summed E-state index contributed by atoms with van der Waals surface area (Å²) in [4.78, 5) is 0. The number of benzene rings is 3. The molecule has 0 amide bonds. The van der Waals surface area contributed by atoms with Gasteiger partial charge in [0.25, 0.3) is 0 Å². The molecule has 31 heavy (non-hydrogen) atoms. The maximum absolute atomic E-state index is 6.03. The summed E-state index contributed by atoms with van der Waals surface area (Å²) in [5, 5.41) is 0. The Morgan fingerprint density at radius 1 is 0.484 bits per heavy atom. The second kappa shape index (κ2) is 7.05. The number of aryl methyl sites for hydroxylation is 3. The van der Waals surface area contributed by atoms with E-state index >= 15 is 0 Å². The monoisotopic (exact) mass is 412 g/mol. The second-order valence-electron chi connectivity index (χ2n) is 8.91. The molecule has 0 radical (unpaired) electrons. The van der Waals surface area contributed by atoms with Gasteiger partial charge in [-0.1, -0.05) is 76.4 Å². The predicted molar refractivity (Wildman–Crippen MR) is 122 cm³/mol. The van der Waals surface area contributed by atoms with E-state index in [0.717, 1.165) is 73.0 Å². The van der Waals surface area contributed by atoms with Crippen LogP contribution < -0.4 is 14.2 Å². The molecule has 0 atom stereocenters. The predicted octanol–water partition coefficient (Wildman–Crippen LogP) is 8.04. The van der Waals surface area contributed by atoms with Crippen LogP contribution in [0.5, 0.6) is 34.5 Å². The van der Waals surface area contributed by atoms with Crippen molar-refractivity contribution in [1.82, 2.24) is 0 Å². The van der Waals surface area contributed by atoms with Crippen LogP contribution in [0, 0.1) is 0 Å². The molecule has 0 unspecified atom stereocenters. The minimum Gasteiger partial charge on any atom is -0.449 e. The lowest BCUT2D eigenvalue weighted by atomic mass is 9.83. The quantitative estimate of drug-likeness (QED) is 0.178. The van der Waals surface area contributed by atoms with Gasteiger partial charge in [0.05, 0.1) is 0 Å². The van der Waals surface area contributed by atoms with Crippen molar-refractivity contribution >= 4 is 0 Å². The first-order valence-corrected chi connectivity index (χ1v) is 11.8. The fourth-order valence-corrected chi connectivity index (χ4v) is 5.04. The first kappa shape index (κ1) is 18.8. The molecule has 0 aromatic heterocycles. The molecule has 3 aliphatic rings. The molecular formula is C28H28O3. The Labute approximate surface area is 184 Å². The Balaban J connectivity index is 1.47.